The molecule has 0 aliphatic carbocycles. The Balaban J connectivity index is 2.00. The third kappa shape index (κ3) is 6.09. The molecule has 0 heterocycles. The lowest BCUT2D eigenvalue weighted by atomic mass is 10.1. The van der Waals surface area contributed by atoms with Gasteiger partial charge in [-0.15, -0.1) is 0 Å². The van der Waals surface area contributed by atoms with Crippen LogP contribution in [0.4, 0.5) is 5.69 Å². The normalized spacial score (nSPS) is 11.6. The fourth-order valence-corrected chi connectivity index (χ4v) is 2.58. The Kier molecular flexibility index (Phi) is 8.02. The van der Waals surface area contributed by atoms with E-state index >= 15 is 0 Å². The Bertz CT molecular complexity index is 820. The van der Waals surface area contributed by atoms with E-state index < -0.39 is 6.10 Å². The van der Waals surface area contributed by atoms with Gasteiger partial charge in [0.2, 0.25) is 0 Å². The minimum Gasteiger partial charge on any atom is -0.481 e. The molecule has 28 heavy (non-hydrogen) atoms. The summed E-state index contributed by atoms with van der Waals surface area (Å²) in [5.41, 5.74) is 3.12. The van der Waals surface area contributed by atoms with E-state index in [0.717, 1.165) is 17.5 Å². The summed E-state index contributed by atoms with van der Waals surface area (Å²) < 4.78 is 10.7. The number of carbonyl (C=O) groups is 2. The first kappa shape index (κ1) is 21.4. The number of benzene rings is 2. The Morgan fingerprint density at radius 3 is 2.54 bits per heavy atom. The van der Waals surface area contributed by atoms with Crippen LogP contribution in [0.5, 0.6) is 5.75 Å². The first-order valence-corrected chi connectivity index (χ1v) is 9.33. The number of anilines is 1. The van der Waals surface area contributed by atoms with Crippen molar-refractivity contribution in [2.45, 2.75) is 33.3 Å². The van der Waals surface area contributed by atoms with Crippen molar-refractivity contribution in [2.75, 3.05) is 25.6 Å². The van der Waals surface area contributed by atoms with Gasteiger partial charge in [-0.05, 0) is 62.6 Å². The zero-order chi connectivity index (χ0) is 20.5. The molecule has 1 atom stereocenters. The van der Waals surface area contributed by atoms with Crippen molar-refractivity contribution in [1.82, 2.24) is 5.32 Å². The number of hydrogen-bond acceptors (Lipinski definition) is 4. The van der Waals surface area contributed by atoms with Crippen LogP contribution in [0.1, 0.15) is 34.8 Å². The summed E-state index contributed by atoms with van der Waals surface area (Å²) in [5.74, 6) is 0.0718. The van der Waals surface area contributed by atoms with Gasteiger partial charge < -0.3 is 20.1 Å². The van der Waals surface area contributed by atoms with Crippen LogP contribution in [-0.4, -0.2) is 38.2 Å². The predicted octanol–water partition coefficient (Wildman–Crippen LogP) is 3.48. The van der Waals surface area contributed by atoms with E-state index in [9.17, 15) is 9.59 Å². The molecule has 0 fully saturated rings. The van der Waals surface area contributed by atoms with Crippen molar-refractivity contribution in [3.05, 3.63) is 59.2 Å². The highest BCUT2D eigenvalue weighted by molar-refractivity contribution is 6.04. The van der Waals surface area contributed by atoms with Crippen LogP contribution >= 0.6 is 0 Å². The number of rotatable bonds is 9. The number of ether oxygens (including phenoxy) is 2. The van der Waals surface area contributed by atoms with Crippen LogP contribution in [0, 0.1) is 13.8 Å². The lowest BCUT2D eigenvalue weighted by Crippen LogP contribution is -2.32. The summed E-state index contributed by atoms with van der Waals surface area (Å²) in [6, 6.07) is 12.6. The summed E-state index contributed by atoms with van der Waals surface area (Å²) in [7, 11) is 1.62. The Morgan fingerprint density at radius 1 is 1.07 bits per heavy atom. The van der Waals surface area contributed by atoms with Gasteiger partial charge in [-0.3, -0.25) is 9.59 Å². The standard InChI is InChI=1S/C22H28N2O4/c1-15-10-11-18(14-16(15)2)28-17(3)21(25)24-20-9-6-5-8-19(20)22(26)23-12-7-13-27-4/h5-6,8-11,14,17H,7,12-13H2,1-4H3,(H,23,26)(H,24,25)/t17-/m0/s1. The van der Waals surface area contributed by atoms with Gasteiger partial charge in [0.15, 0.2) is 6.10 Å². The fraction of sp³-hybridized carbons (Fsp3) is 0.364. The molecule has 2 aromatic carbocycles. The Labute approximate surface area is 166 Å². The largest absolute Gasteiger partial charge is 0.481 e. The highest BCUT2D eigenvalue weighted by Gasteiger charge is 2.18. The van der Waals surface area contributed by atoms with Gasteiger partial charge in [0.1, 0.15) is 5.75 Å². The number of hydrogen-bond donors (Lipinski definition) is 2. The lowest BCUT2D eigenvalue weighted by molar-refractivity contribution is -0.122. The number of para-hydroxylation sites is 1. The van der Waals surface area contributed by atoms with Gasteiger partial charge in [0.05, 0.1) is 11.3 Å². The molecule has 0 saturated carbocycles. The fourth-order valence-electron chi connectivity index (χ4n) is 2.58. The van der Waals surface area contributed by atoms with Gasteiger partial charge in [-0.1, -0.05) is 18.2 Å². The van der Waals surface area contributed by atoms with E-state index in [1.54, 1.807) is 38.3 Å². The maximum Gasteiger partial charge on any atom is 0.265 e. The third-order valence-electron chi connectivity index (χ3n) is 4.40. The molecule has 6 heteroatoms. The van der Waals surface area contributed by atoms with Crippen molar-refractivity contribution < 1.29 is 19.1 Å². The number of methoxy groups -OCH3 is 1. The van der Waals surface area contributed by atoms with Gasteiger partial charge in [0, 0.05) is 20.3 Å². The van der Waals surface area contributed by atoms with Gasteiger partial charge in [0.25, 0.3) is 11.8 Å². The van der Waals surface area contributed by atoms with E-state index in [4.69, 9.17) is 9.47 Å². The van der Waals surface area contributed by atoms with Crippen LogP contribution in [0.15, 0.2) is 42.5 Å². The molecule has 0 aliphatic heterocycles. The molecule has 0 radical (unpaired) electrons. The molecular weight excluding hydrogens is 356 g/mol. The second kappa shape index (κ2) is 10.5. The highest BCUT2D eigenvalue weighted by atomic mass is 16.5. The molecule has 0 aromatic heterocycles. The van der Waals surface area contributed by atoms with Crippen LogP contribution in [0.25, 0.3) is 0 Å². The Hall–Kier alpha value is -2.86. The van der Waals surface area contributed by atoms with E-state index in [1.807, 2.05) is 32.0 Å². The lowest BCUT2D eigenvalue weighted by Gasteiger charge is -2.17. The molecule has 0 saturated heterocycles. The molecule has 2 aromatic rings. The van der Waals surface area contributed by atoms with E-state index in [2.05, 4.69) is 10.6 Å². The number of nitrogens with one attached hydrogen (secondary N) is 2. The van der Waals surface area contributed by atoms with Crippen LogP contribution in [0.2, 0.25) is 0 Å². The molecular formula is C22H28N2O4. The number of amides is 2. The average molecular weight is 384 g/mol. The van der Waals surface area contributed by atoms with Gasteiger partial charge in [-0.2, -0.15) is 0 Å². The molecule has 2 rings (SSSR count). The van der Waals surface area contributed by atoms with Crippen molar-refractivity contribution in [3.63, 3.8) is 0 Å². The van der Waals surface area contributed by atoms with Gasteiger partial charge in [-0.25, -0.2) is 0 Å². The quantitative estimate of drug-likeness (QED) is 0.649. The second-order valence-corrected chi connectivity index (χ2v) is 6.64. The smallest absolute Gasteiger partial charge is 0.265 e. The third-order valence-corrected chi connectivity index (χ3v) is 4.40. The maximum absolute atomic E-state index is 12.6. The minimum atomic E-state index is -0.708. The predicted molar refractivity (Wildman–Crippen MR) is 110 cm³/mol. The van der Waals surface area contributed by atoms with Crippen molar-refractivity contribution >= 4 is 17.5 Å². The maximum atomic E-state index is 12.6. The molecule has 6 nitrogen and oxygen atoms in total. The van der Waals surface area contributed by atoms with Crippen molar-refractivity contribution in [3.8, 4) is 5.75 Å². The molecule has 0 spiro atoms. The summed E-state index contributed by atoms with van der Waals surface area (Å²) in [4.78, 5) is 25.0. The SMILES string of the molecule is COCCCNC(=O)c1ccccc1NC(=O)[C@H](C)Oc1ccc(C)c(C)c1. The van der Waals surface area contributed by atoms with Crippen molar-refractivity contribution in [2.24, 2.45) is 0 Å². The molecule has 150 valence electrons. The minimum absolute atomic E-state index is 0.241. The highest BCUT2D eigenvalue weighted by Crippen LogP contribution is 2.19. The molecule has 0 bridgehead atoms. The Morgan fingerprint density at radius 2 is 1.82 bits per heavy atom. The van der Waals surface area contributed by atoms with Crippen LogP contribution < -0.4 is 15.4 Å². The summed E-state index contributed by atoms with van der Waals surface area (Å²) in [5, 5.41) is 5.62. The average Bonchev–Trinajstić information content (AvgIpc) is 2.68. The van der Waals surface area contributed by atoms with Gasteiger partial charge >= 0.3 is 0 Å². The van der Waals surface area contributed by atoms with Crippen LogP contribution in [0.3, 0.4) is 0 Å². The zero-order valence-electron chi connectivity index (χ0n) is 16.9. The summed E-state index contributed by atoms with van der Waals surface area (Å²) >= 11 is 0. The van der Waals surface area contributed by atoms with E-state index in [-0.39, 0.29) is 11.8 Å². The molecule has 2 N–H and O–H groups in total. The number of aryl methyl sites for hydroxylation is 2. The molecule has 0 unspecified atom stereocenters. The monoisotopic (exact) mass is 384 g/mol. The first-order valence-electron chi connectivity index (χ1n) is 9.33. The topological polar surface area (TPSA) is 76.7 Å². The van der Waals surface area contributed by atoms with Crippen molar-refractivity contribution in [1.29, 1.82) is 0 Å². The first-order chi connectivity index (χ1) is 13.4. The molecule has 2 amide bonds. The number of carbonyl (C=O) groups excluding carboxylic acids is 2. The zero-order valence-corrected chi connectivity index (χ0v) is 16.9. The second-order valence-electron chi connectivity index (χ2n) is 6.64. The molecule has 0 aliphatic rings. The van der Waals surface area contributed by atoms with E-state index in [0.29, 0.717) is 30.2 Å². The van der Waals surface area contributed by atoms with E-state index in [1.165, 1.54) is 0 Å². The summed E-state index contributed by atoms with van der Waals surface area (Å²) in [6.07, 6.45) is 0.0114. The van der Waals surface area contributed by atoms with Crippen LogP contribution in [-0.2, 0) is 9.53 Å². The summed E-state index contributed by atoms with van der Waals surface area (Å²) in [6.45, 7) is 6.77.